The van der Waals surface area contributed by atoms with Gasteiger partial charge >= 0.3 is 6.03 Å². The molecule has 1 aliphatic rings. The number of nitrogens with zero attached hydrogens (tertiary/aromatic N) is 1. The maximum Gasteiger partial charge on any atom is 0.314 e. The standard InChI is InChI=1S/C21H28N4O3S/c1-3-22-21(27)24-16-8-6-15(7-9-16)23-20(26)18-13-29-19(25-18)12-28-17-10-4-14(2)5-11-17/h4-5,10-11,13,15-16H,3,6-9,12H2,1-2H3,(H,23,26)(H2,22,24,27). The van der Waals surface area contributed by atoms with Gasteiger partial charge in [0.25, 0.3) is 5.91 Å². The molecule has 0 aliphatic heterocycles. The number of carbonyl (C=O) groups is 2. The topological polar surface area (TPSA) is 92.4 Å². The van der Waals surface area contributed by atoms with Crippen molar-refractivity contribution < 1.29 is 14.3 Å². The first-order valence-corrected chi connectivity index (χ1v) is 10.9. The molecule has 29 heavy (non-hydrogen) atoms. The Balaban J connectivity index is 1.42. The van der Waals surface area contributed by atoms with Crippen LogP contribution in [0.5, 0.6) is 5.75 Å². The maximum absolute atomic E-state index is 12.5. The number of urea groups is 1. The van der Waals surface area contributed by atoms with Crippen LogP contribution in [-0.4, -0.2) is 35.6 Å². The molecule has 0 spiro atoms. The van der Waals surface area contributed by atoms with Crippen LogP contribution in [0.25, 0.3) is 0 Å². The van der Waals surface area contributed by atoms with Crippen molar-refractivity contribution in [1.29, 1.82) is 0 Å². The second-order valence-corrected chi connectivity index (χ2v) is 8.20. The van der Waals surface area contributed by atoms with Gasteiger partial charge in [0, 0.05) is 24.0 Å². The molecular weight excluding hydrogens is 388 g/mol. The highest BCUT2D eigenvalue weighted by Gasteiger charge is 2.24. The molecule has 7 nitrogen and oxygen atoms in total. The number of rotatable bonds is 7. The summed E-state index contributed by atoms with van der Waals surface area (Å²) in [4.78, 5) is 28.5. The van der Waals surface area contributed by atoms with Gasteiger partial charge in [-0.2, -0.15) is 0 Å². The lowest BCUT2D eigenvalue weighted by atomic mass is 9.91. The fraction of sp³-hybridized carbons (Fsp3) is 0.476. The Hall–Kier alpha value is -2.61. The van der Waals surface area contributed by atoms with Crippen molar-refractivity contribution in [3.63, 3.8) is 0 Å². The summed E-state index contributed by atoms with van der Waals surface area (Å²) in [6, 6.07) is 8.00. The Bertz CT molecular complexity index is 814. The second kappa shape index (κ2) is 10.2. The van der Waals surface area contributed by atoms with E-state index in [1.165, 1.54) is 16.9 Å². The maximum atomic E-state index is 12.5. The number of ether oxygens (including phenoxy) is 1. The van der Waals surface area contributed by atoms with E-state index in [-0.39, 0.29) is 24.0 Å². The quantitative estimate of drug-likeness (QED) is 0.645. The molecule has 156 valence electrons. The van der Waals surface area contributed by atoms with E-state index in [0.717, 1.165) is 36.4 Å². The summed E-state index contributed by atoms with van der Waals surface area (Å²) in [7, 11) is 0. The van der Waals surface area contributed by atoms with Gasteiger partial charge in [-0.25, -0.2) is 9.78 Å². The molecule has 3 rings (SSSR count). The van der Waals surface area contributed by atoms with Crippen LogP contribution < -0.4 is 20.7 Å². The van der Waals surface area contributed by atoms with Gasteiger partial charge in [-0.15, -0.1) is 11.3 Å². The molecule has 0 bridgehead atoms. The summed E-state index contributed by atoms with van der Waals surface area (Å²) in [5.74, 6) is 0.637. The largest absolute Gasteiger partial charge is 0.486 e. The van der Waals surface area contributed by atoms with Crippen LogP contribution in [0.3, 0.4) is 0 Å². The fourth-order valence-corrected chi connectivity index (χ4v) is 3.98. The molecule has 3 N–H and O–H groups in total. The highest BCUT2D eigenvalue weighted by Crippen LogP contribution is 2.20. The van der Waals surface area contributed by atoms with Gasteiger partial charge < -0.3 is 20.7 Å². The lowest BCUT2D eigenvalue weighted by Crippen LogP contribution is -2.46. The fourth-order valence-electron chi connectivity index (χ4n) is 3.30. The zero-order chi connectivity index (χ0) is 20.6. The monoisotopic (exact) mass is 416 g/mol. The molecule has 0 saturated heterocycles. The first kappa shape index (κ1) is 21.1. The highest BCUT2D eigenvalue weighted by atomic mass is 32.1. The van der Waals surface area contributed by atoms with Gasteiger partial charge in [-0.05, 0) is 51.7 Å². The zero-order valence-electron chi connectivity index (χ0n) is 16.9. The van der Waals surface area contributed by atoms with Crippen LogP contribution in [-0.2, 0) is 6.61 Å². The Morgan fingerprint density at radius 2 is 1.76 bits per heavy atom. The summed E-state index contributed by atoms with van der Waals surface area (Å²) in [5.41, 5.74) is 1.61. The first-order chi connectivity index (χ1) is 14.0. The van der Waals surface area contributed by atoms with Crippen LogP contribution in [0, 0.1) is 6.92 Å². The molecule has 1 aromatic heterocycles. The average molecular weight is 417 g/mol. The molecule has 1 aliphatic carbocycles. The van der Waals surface area contributed by atoms with Crippen LogP contribution >= 0.6 is 11.3 Å². The summed E-state index contributed by atoms with van der Waals surface area (Å²) >= 11 is 1.42. The summed E-state index contributed by atoms with van der Waals surface area (Å²) < 4.78 is 5.73. The molecule has 0 unspecified atom stereocenters. The Morgan fingerprint density at radius 3 is 2.41 bits per heavy atom. The van der Waals surface area contributed by atoms with Gasteiger partial charge in [-0.3, -0.25) is 4.79 Å². The number of hydrogen-bond donors (Lipinski definition) is 3. The van der Waals surface area contributed by atoms with Crippen LogP contribution in [0.4, 0.5) is 4.79 Å². The van der Waals surface area contributed by atoms with E-state index < -0.39 is 0 Å². The predicted octanol–water partition coefficient (Wildman–Crippen LogP) is 3.39. The van der Waals surface area contributed by atoms with Crippen molar-refractivity contribution in [2.45, 2.75) is 58.2 Å². The Labute approximate surface area is 175 Å². The molecule has 8 heteroatoms. The van der Waals surface area contributed by atoms with Gasteiger partial charge in [0.05, 0.1) is 0 Å². The van der Waals surface area contributed by atoms with Crippen LogP contribution in [0.1, 0.15) is 53.7 Å². The van der Waals surface area contributed by atoms with E-state index in [2.05, 4.69) is 20.9 Å². The molecule has 1 aromatic carbocycles. The van der Waals surface area contributed by atoms with E-state index in [9.17, 15) is 9.59 Å². The third kappa shape index (κ3) is 6.45. The lowest BCUT2D eigenvalue weighted by molar-refractivity contribution is 0.0919. The number of hydrogen-bond acceptors (Lipinski definition) is 5. The van der Waals surface area contributed by atoms with Crippen molar-refractivity contribution in [3.8, 4) is 5.75 Å². The highest BCUT2D eigenvalue weighted by molar-refractivity contribution is 7.09. The minimum absolute atomic E-state index is 0.115. The molecule has 1 heterocycles. The van der Waals surface area contributed by atoms with E-state index >= 15 is 0 Å². The van der Waals surface area contributed by atoms with E-state index in [1.54, 1.807) is 5.38 Å². The second-order valence-electron chi connectivity index (χ2n) is 7.25. The van der Waals surface area contributed by atoms with Crippen molar-refractivity contribution in [2.24, 2.45) is 0 Å². The summed E-state index contributed by atoms with van der Waals surface area (Å²) in [6.45, 7) is 4.88. The molecular formula is C21H28N4O3S. The molecule has 3 amide bonds. The lowest BCUT2D eigenvalue weighted by Gasteiger charge is -2.29. The number of nitrogens with one attached hydrogen (secondary N) is 3. The van der Waals surface area contributed by atoms with Gasteiger partial charge in [0.1, 0.15) is 23.1 Å². The smallest absolute Gasteiger partial charge is 0.314 e. The van der Waals surface area contributed by atoms with Gasteiger partial charge in [0.15, 0.2) is 0 Å². The number of benzene rings is 1. The number of aromatic nitrogens is 1. The van der Waals surface area contributed by atoms with Crippen molar-refractivity contribution in [3.05, 3.63) is 45.9 Å². The van der Waals surface area contributed by atoms with Gasteiger partial charge in [0.2, 0.25) is 0 Å². The predicted molar refractivity (Wildman–Crippen MR) is 113 cm³/mol. The molecule has 0 atom stereocenters. The minimum Gasteiger partial charge on any atom is -0.486 e. The molecule has 0 radical (unpaired) electrons. The minimum atomic E-state index is -0.150. The van der Waals surface area contributed by atoms with E-state index in [1.807, 2.05) is 38.1 Å². The Morgan fingerprint density at radius 1 is 1.10 bits per heavy atom. The molecule has 1 saturated carbocycles. The average Bonchev–Trinajstić information content (AvgIpc) is 3.18. The normalized spacial score (nSPS) is 18.7. The number of thiazole rings is 1. The third-order valence-electron chi connectivity index (χ3n) is 4.90. The van der Waals surface area contributed by atoms with Gasteiger partial charge in [-0.1, -0.05) is 17.7 Å². The van der Waals surface area contributed by atoms with Crippen molar-refractivity contribution in [1.82, 2.24) is 20.9 Å². The van der Waals surface area contributed by atoms with Crippen molar-refractivity contribution in [2.75, 3.05) is 6.54 Å². The zero-order valence-corrected chi connectivity index (χ0v) is 17.7. The third-order valence-corrected chi connectivity index (χ3v) is 5.72. The van der Waals surface area contributed by atoms with Crippen molar-refractivity contribution >= 4 is 23.3 Å². The molecule has 2 aromatic rings. The number of amides is 3. The van der Waals surface area contributed by atoms with E-state index in [4.69, 9.17) is 4.74 Å². The number of carbonyl (C=O) groups excluding carboxylic acids is 2. The van der Waals surface area contributed by atoms with Crippen LogP contribution in [0.2, 0.25) is 0 Å². The molecule has 1 fully saturated rings. The summed E-state index contributed by atoms with van der Waals surface area (Å²) in [6.07, 6.45) is 3.40. The van der Waals surface area contributed by atoms with E-state index in [0.29, 0.717) is 18.8 Å². The SMILES string of the molecule is CCNC(=O)NC1CCC(NC(=O)c2csc(COc3ccc(C)cc3)n2)CC1. The number of aryl methyl sites for hydroxylation is 1. The first-order valence-electron chi connectivity index (χ1n) is 10.0. The van der Waals surface area contributed by atoms with Crippen LogP contribution in [0.15, 0.2) is 29.6 Å². The summed E-state index contributed by atoms with van der Waals surface area (Å²) in [5, 5.41) is 11.3. The Kier molecular flexibility index (Phi) is 7.46.